The molecule has 0 aliphatic carbocycles. The minimum Gasteiger partial charge on any atom is -0.320 e. The number of hydrogen-bond donors (Lipinski definition) is 2. The van der Waals surface area contributed by atoms with Gasteiger partial charge in [-0.3, -0.25) is 9.89 Å². The average Bonchev–Trinajstić information content (AvgIpc) is 3.01. The maximum absolute atomic E-state index is 12.3. The fraction of sp³-hybridized carbons (Fsp3) is 0.0588. The Morgan fingerprint density at radius 3 is 2.64 bits per heavy atom. The third-order valence-corrected chi connectivity index (χ3v) is 3.56. The van der Waals surface area contributed by atoms with Crippen LogP contribution < -0.4 is 5.32 Å². The molecule has 3 rings (SSSR count). The van der Waals surface area contributed by atoms with Crippen LogP contribution in [0.1, 0.15) is 16.1 Å². The molecular weight excluding hydrogens is 298 g/mol. The van der Waals surface area contributed by atoms with Crippen molar-refractivity contribution in [2.24, 2.45) is 0 Å². The zero-order chi connectivity index (χ0) is 15.5. The van der Waals surface area contributed by atoms with Gasteiger partial charge in [0.1, 0.15) is 5.69 Å². The summed E-state index contributed by atoms with van der Waals surface area (Å²) in [5.74, 6) is -0.236. The molecule has 0 saturated heterocycles. The van der Waals surface area contributed by atoms with Crippen molar-refractivity contribution in [2.45, 2.75) is 6.92 Å². The number of aromatic amines is 1. The Bertz CT molecular complexity index is 812. The Hall–Kier alpha value is -2.59. The number of amides is 1. The number of benzene rings is 2. The van der Waals surface area contributed by atoms with E-state index in [9.17, 15) is 4.79 Å². The number of halogens is 1. The molecule has 5 heteroatoms. The lowest BCUT2D eigenvalue weighted by Gasteiger charge is -2.07. The highest BCUT2D eigenvalue weighted by Crippen LogP contribution is 2.21. The normalized spacial score (nSPS) is 10.5. The van der Waals surface area contributed by atoms with Crippen molar-refractivity contribution in [3.8, 4) is 11.3 Å². The number of aromatic nitrogens is 2. The van der Waals surface area contributed by atoms with Crippen LogP contribution in [-0.2, 0) is 0 Å². The van der Waals surface area contributed by atoms with E-state index in [-0.39, 0.29) is 5.91 Å². The van der Waals surface area contributed by atoms with E-state index >= 15 is 0 Å². The Labute approximate surface area is 133 Å². The van der Waals surface area contributed by atoms with Gasteiger partial charge < -0.3 is 5.32 Å². The summed E-state index contributed by atoms with van der Waals surface area (Å²) in [6.07, 6.45) is 0. The molecule has 0 saturated carbocycles. The van der Waals surface area contributed by atoms with Crippen LogP contribution in [-0.4, -0.2) is 16.1 Å². The monoisotopic (exact) mass is 311 g/mol. The van der Waals surface area contributed by atoms with Crippen LogP contribution in [0.4, 0.5) is 5.69 Å². The standard InChI is InChI=1S/C17H14ClN3O/c1-11-9-13(18)7-8-14(11)19-17(22)16-10-15(20-21-16)12-5-3-2-4-6-12/h2-10H,1H3,(H,19,22)(H,20,21). The summed E-state index contributed by atoms with van der Waals surface area (Å²) in [6.45, 7) is 1.89. The predicted octanol–water partition coefficient (Wildman–Crippen LogP) is 4.29. The maximum Gasteiger partial charge on any atom is 0.273 e. The lowest BCUT2D eigenvalue weighted by molar-refractivity contribution is 0.102. The molecule has 3 aromatic rings. The molecule has 0 aliphatic heterocycles. The van der Waals surface area contributed by atoms with Gasteiger partial charge in [-0.2, -0.15) is 5.10 Å². The highest BCUT2D eigenvalue weighted by Gasteiger charge is 2.12. The van der Waals surface area contributed by atoms with Crippen LogP contribution in [0.3, 0.4) is 0 Å². The number of nitrogens with zero attached hydrogens (tertiary/aromatic N) is 1. The molecule has 1 aromatic heterocycles. The van der Waals surface area contributed by atoms with Gasteiger partial charge in [-0.25, -0.2) is 0 Å². The summed E-state index contributed by atoms with van der Waals surface area (Å²) < 4.78 is 0. The zero-order valence-electron chi connectivity index (χ0n) is 11.9. The smallest absolute Gasteiger partial charge is 0.273 e. The SMILES string of the molecule is Cc1cc(Cl)ccc1NC(=O)c1cc(-c2ccccc2)n[nH]1. The van der Waals surface area contributed by atoms with Crippen molar-refractivity contribution in [3.63, 3.8) is 0 Å². The Morgan fingerprint density at radius 1 is 1.14 bits per heavy atom. The van der Waals surface area contributed by atoms with E-state index in [1.807, 2.05) is 37.3 Å². The molecule has 0 aliphatic rings. The first kappa shape index (κ1) is 14.4. The molecule has 2 aromatic carbocycles. The van der Waals surface area contributed by atoms with Gasteiger partial charge in [0.25, 0.3) is 5.91 Å². The largest absolute Gasteiger partial charge is 0.320 e. The predicted molar refractivity (Wildman–Crippen MR) is 88.2 cm³/mol. The second-order valence-electron chi connectivity index (χ2n) is 4.95. The van der Waals surface area contributed by atoms with Crippen LogP contribution >= 0.6 is 11.6 Å². The minimum atomic E-state index is -0.236. The van der Waals surface area contributed by atoms with Gasteiger partial charge in [-0.15, -0.1) is 0 Å². The van der Waals surface area contributed by atoms with Crippen LogP contribution in [0, 0.1) is 6.92 Å². The summed E-state index contributed by atoms with van der Waals surface area (Å²) in [6, 6.07) is 16.8. The van der Waals surface area contributed by atoms with E-state index in [4.69, 9.17) is 11.6 Å². The first-order chi connectivity index (χ1) is 10.6. The van der Waals surface area contributed by atoms with E-state index < -0.39 is 0 Å². The minimum absolute atomic E-state index is 0.236. The summed E-state index contributed by atoms with van der Waals surface area (Å²) in [4.78, 5) is 12.3. The Kier molecular flexibility index (Phi) is 3.94. The molecule has 110 valence electrons. The van der Waals surface area contributed by atoms with Crippen molar-refractivity contribution >= 4 is 23.2 Å². The highest BCUT2D eigenvalue weighted by molar-refractivity contribution is 6.30. The molecule has 4 nitrogen and oxygen atoms in total. The second kappa shape index (κ2) is 6.03. The fourth-order valence-corrected chi connectivity index (χ4v) is 2.38. The third-order valence-electron chi connectivity index (χ3n) is 3.33. The molecule has 22 heavy (non-hydrogen) atoms. The molecule has 0 bridgehead atoms. The van der Waals surface area contributed by atoms with E-state index in [0.717, 1.165) is 22.5 Å². The highest BCUT2D eigenvalue weighted by atomic mass is 35.5. The van der Waals surface area contributed by atoms with Crippen LogP contribution in [0.2, 0.25) is 5.02 Å². The van der Waals surface area contributed by atoms with Gasteiger partial charge in [-0.1, -0.05) is 41.9 Å². The van der Waals surface area contributed by atoms with E-state index in [1.54, 1.807) is 24.3 Å². The van der Waals surface area contributed by atoms with Crippen molar-refractivity contribution in [1.82, 2.24) is 10.2 Å². The van der Waals surface area contributed by atoms with Gasteiger partial charge in [0.15, 0.2) is 0 Å². The van der Waals surface area contributed by atoms with Crippen LogP contribution in [0.25, 0.3) is 11.3 Å². The van der Waals surface area contributed by atoms with E-state index in [2.05, 4.69) is 15.5 Å². The number of carbonyl (C=O) groups excluding carboxylic acids is 1. The molecular formula is C17H14ClN3O. The second-order valence-corrected chi connectivity index (χ2v) is 5.38. The quantitative estimate of drug-likeness (QED) is 0.758. The molecule has 0 radical (unpaired) electrons. The van der Waals surface area contributed by atoms with Crippen LogP contribution in [0.15, 0.2) is 54.6 Å². The van der Waals surface area contributed by atoms with E-state index in [0.29, 0.717) is 10.7 Å². The number of anilines is 1. The molecule has 0 atom stereocenters. The number of rotatable bonds is 3. The number of nitrogens with one attached hydrogen (secondary N) is 2. The van der Waals surface area contributed by atoms with Gasteiger partial charge in [-0.05, 0) is 36.8 Å². The maximum atomic E-state index is 12.3. The number of hydrogen-bond acceptors (Lipinski definition) is 2. The molecule has 2 N–H and O–H groups in total. The molecule has 0 fully saturated rings. The first-order valence-corrected chi connectivity index (χ1v) is 7.19. The number of aryl methyl sites for hydroxylation is 1. The van der Waals surface area contributed by atoms with Gasteiger partial charge in [0.2, 0.25) is 0 Å². The molecule has 1 amide bonds. The Balaban J connectivity index is 1.80. The van der Waals surface area contributed by atoms with Crippen LogP contribution in [0.5, 0.6) is 0 Å². The average molecular weight is 312 g/mol. The van der Waals surface area contributed by atoms with Gasteiger partial charge in [0, 0.05) is 16.3 Å². The van der Waals surface area contributed by atoms with Crippen molar-refractivity contribution in [1.29, 1.82) is 0 Å². The molecule has 0 spiro atoms. The number of carbonyl (C=O) groups is 1. The van der Waals surface area contributed by atoms with Crippen molar-refractivity contribution in [2.75, 3.05) is 5.32 Å². The van der Waals surface area contributed by atoms with Gasteiger partial charge in [0.05, 0.1) is 5.69 Å². The topological polar surface area (TPSA) is 57.8 Å². The lowest BCUT2D eigenvalue weighted by atomic mass is 10.1. The fourth-order valence-electron chi connectivity index (χ4n) is 2.15. The van der Waals surface area contributed by atoms with Crippen molar-refractivity contribution in [3.05, 3.63) is 70.9 Å². The summed E-state index contributed by atoms with van der Waals surface area (Å²) >= 11 is 5.91. The zero-order valence-corrected chi connectivity index (χ0v) is 12.7. The number of H-pyrrole nitrogens is 1. The lowest BCUT2D eigenvalue weighted by Crippen LogP contribution is -2.13. The molecule has 1 heterocycles. The Morgan fingerprint density at radius 2 is 1.91 bits per heavy atom. The third kappa shape index (κ3) is 3.02. The van der Waals surface area contributed by atoms with E-state index in [1.165, 1.54) is 0 Å². The molecule has 0 unspecified atom stereocenters. The van der Waals surface area contributed by atoms with Crippen molar-refractivity contribution < 1.29 is 4.79 Å². The first-order valence-electron chi connectivity index (χ1n) is 6.82. The summed E-state index contributed by atoms with van der Waals surface area (Å²) in [5, 5.41) is 10.4. The van der Waals surface area contributed by atoms with Gasteiger partial charge >= 0.3 is 0 Å². The summed E-state index contributed by atoms with van der Waals surface area (Å²) in [7, 11) is 0. The summed E-state index contributed by atoms with van der Waals surface area (Å²) in [5.41, 5.74) is 3.74.